The van der Waals surface area contributed by atoms with Crippen molar-refractivity contribution >= 4 is 14.1 Å². The van der Waals surface area contributed by atoms with Gasteiger partial charge in [0, 0.05) is 0 Å². The van der Waals surface area contributed by atoms with Crippen LogP contribution in [0.2, 0.25) is 14.8 Å². The highest BCUT2D eigenvalue weighted by atomic mass is 27.2. The second-order valence-corrected chi connectivity index (χ2v) is 8.30. The molecule has 0 atom stereocenters. The monoisotopic (exact) mass is 170 g/mol. The van der Waals surface area contributed by atoms with Crippen molar-refractivity contribution in [1.82, 2.24) is 0 Å². The summed E-state index contributed by atoms with van der Waals surface area (Å²) < 4.78 is 0.740. The summed E-state index contributed by atoms with van der Waals surface area (Å²) in [4.78, 5) is 0. The third-order valence-electron chi connectivity index (χ3n) is 3.59. The molecule has 0 aromatic heterocycles. The van der Waals surface area contributed by atoms with Crippen LogP contribution in [0.4, 0.5) is 0 Å². The molecule has 0 aromatic rings. The van der Waals surface area contributed by atoms with Crippen LogP contribution in [0.3, 0.4) is 0 Å². The van der Waals surface area contributed by atoms with Crippen LogP contribution in [-0.4, -0.2) is 14.1 Å². The quantitative estimate of drug-likeness (QED) is 0.545. The van der Waals surface area contributed by atoms with Gasteiger partial charge >= 0.3 is 0 Å². The van der Waals surface area contributed by atoms with Crippen LogP contribution in [0.1, 0.15) is 47.5 Å². The van der Waals surface area contributed by atoms with Crippen molar-refractivity contribution in [3.05, 3.63) is 0 Å². The van der Waals surface area contributed by atoms with E-state index in [0.29, 0.717) is 0 Å². The summed E-state index contributed by atoms with van der Waals surface area (Å²) in [5.41, 5.74) is 0. The molecule has 0 bridgehead atoms. The van der Waals surface area contributed by atoms with Gasteiger partial charge in [-0.15, -0.1) is 0 Å². The molecule has 0 heterocycles. The summed E-state index contributed by atoms with van der Waals surface area (Å²) in [5, 5.41) is 2.96. The molecular weight excluding hydrogens is 147 g/mol. The maximum Gasteiger partial charge on any atom is 0.268 e. The van der Waals surface area contributed by atoms with Gasteiger partial charge in [0.15, 0.2) is 0 Å². The minimum absolute atomic E-state index is 0.422. The lowest BCUT2D eigenvalue weighted by Crippen LogP contribution is -2.27. The third kappa shape index (κ3) is 2.81. The highest BCUT2D eigenvalue weighted by Crippen LogP contribution is 2.40. The molecule has 0 saturated carbocycles. The minimum Gasteiger partial charge on any atom is -0.0964 e. The van der Waals surface area contributed by atoms with Crippen LogP contribution in [0, 0.1) is 0 Å². The average molecular weight is 170 g/mol. The molecule has 0 aromatic carbocycles. The van der Waals surface area contributed by atoms with Gasteiger partial charge < -0.3 is 0 Å². The molecule has 0 aliphatic rings. The molecule has 0 amide bonds. The van der Waals surface area contributed by atoms with Crippen molar-refractivity contribution in [1.29, 1.82) is 0 Å². The maximum absolute atomic E-state index is 2.50. The van der Waals surface area contributed by atoms with E-state index >= 15 is 0 Å². The number of rotatable bonds is 5. The van der Waals surface area contributed by atoms with Crippen LogP contribution >= 0.6 is 0 Å². The lowest BCUT2D eigenvalue weighted by atomic mass is 10.1. The average Bonchev–Trinajstić information content (AvgIpc) is 2.06. The van der Waals surface area contributed by atoms with Gasteiger partial charge in [0.05, 0.1) is 0 Å². The first-order valence-electron chi connectivity index (χ1n) is 5.14. The van der Waals surface area contributed by atoms with Gasteiger partial charge in [0.25, 0.3) is 14.1 Å². The van der Waals surface area contributed by atoms with E-state index in [4.69, 9.17) is 0 Å². The van der Waals surface area contributed by atoms with Crippen molar-refractivity contribution in [2.75, 3.05) is 0 Å². The van der Waals surface area contributed by atoms with E-state index in [1.165, 1.54) is 23.4 Å². The molecule has 0 spiro atoms. The van der Waals surface area contributed by atoms with Gasteiger partial charge in [-0.1, -0.05) is 62.3 Å². The Labute approximate surface area is 76.8 Å². The molecule has 11 heavy (non-hydrogen) atoms. The Kier molecular flexibility index (Phi) is 5.48. The molecule has 0 aliphatic carbocycles. The zero-order chi connectivity index (χ0) is 8.91. The van der Waals surface area contributed by atoms with Crippen molar-refractivity contribution in [2.45, 2.75) is 62.3 Å². The summed E-state index contributed by atoms with van der Waals surface area (Å²) in [6.45, 7) is 12.0. The van der Waals surface area contributed by atoms with Gasteiger partial charge in [-0.05, 0) is 0 Å². The second-order valence-electron chi connectivity index (χ2n) is 3.87. The van der Waals surface area contributed by atoms with Crippen molar-refractivity contribution < 1.29 is 0 Å². The normalized spacial score (nSPS) is 11.7. The van der Waals surface area contributed by atoms with Crippen molar-refractivity contribution in [2.24, 2.45) is 0 Å². The molecule has 0 unspecified atom stereocenters. The van der Waals surface area contributed by atoms with Crippen LogP contribution < -0.4 is 0 Å². The van der Waals surface area contributed by atoms with E-state index in [1.54, 1.807) is 0 Å². The molecule has 0 radical (unpaired) electrons. The van der Waals surface area contributed by atoms with E-state index in [0.717, 1.165) is 4.28 Å². The van der Waals surface area contributed by atoms with Crippen LogP contribution in [0.25, 0.3) is 0 Å². The largest absolute Gasteiger partial charge is 0.268 e. The highest BCUT2D eigenvalue weighted by Gasteiger charge is 2.32. The lowest BCUT2D eigenvalue weighted by Gasteiger charge is -2.31. The number of hydrogen-bond donors (Lipinski definition) is 0. The highest BCUT2D eigenvalue weighted by molar-refractivity contribution is 6.62. The van der Waals surface area contributed by atoms with Crippen LogP contribution in [0.5, 0.6) is 0 Å². The first kappa shape index (κ1) is 11.5. The van der Waals surface area contributed by atoms with E-state index < -0.39 is 14.1 Å². The van der Waals surface area contributed by atoms with E-state index in [2.05, 4.69) is 34.6 Å². The minimum atomic E-state index is -0.422. The smallest absolute Gasteiger partial charge is 0.0964 e. The van der Waals surface area contributed by atoms with E-state index in [-0.39, 0.29) is 0 Å². The molecule has 0 rings (SSSR count). The van der Waals surface area contributed by atoms with Gasteiger partial charge in [-0.3, -0.25) is 0 Å². The SMILES string of the molecule is C[CH2][Al]([CH2]C)[C](C)(CC)CC. The summed E-state index contributed by atoms with van der Waals surface area (Å²) in [6, 6.07) is 0. The molecule has 1 heteroatoms. The Bertz CT molecular complexity index is 91.0. The Morgan fingerprint density at radius 1 is 0.909 bits per heavy atom. The fraction of sp³-hybridized carbons (Fsp3) is 1.00. The Balaban J connectivity index is 4.19. The molecule has 0 saturated heterocycles. The molecular formula is C10H23Al. The number of hydrogen-bond acceptors (Lipinski definition) is 0. The standard InChI is InChI=1S/C6H13.2C2H5.Al/c1-4-6(3)5-2;2*1-2;/h4-5H2,1-3H3;2*1H2,2H3;. The summed E-state index contributed by atoms with van der Waals surface area (Å²) >= 11 is -0.422. The van der Waals surface area contributed by atoms with Gasteiger partial charge in [0.2, 0.25) is 0 Å². The molecule has 0 aliphatic heterocycles. The van der Waals surface area contributed by atoms with Crippen molar-refractivity contribution in [3.63, 3.8) is 0 Å². The molecule has 66 valence electrons. The predicted molar refractivity (Wildman–Crippen MR) is 55.7 cm³/mol. The van der Waals surface area contributed by atoms with Gasteiger partial charge in [0.1, 0.15) is 0 Å². The zero-order valence-electron chi connectivity index (χ0n) is 8.91. The first-order valence-corrected chi connectivity index (χ1v) is 7.35. The second kappa shape index (κ2) is 5.23. The summed E-state index contributed by atoms with van der Waals surface area (Å²) in [5.74, 6) is 0. The zero-order valence-corrected chi connectivity index (χ0v) is 10.1. The topological polar surface area (TPSA) is 0 Å². The van der Waals surface area contributed by atoms with Gasteiger partial charge in [-0.2, -0.15) is 0 Å². The van der Waals surface area contributed by atoms with E-state index in [9.17, 15) is 0 Å². The fourth-order valence-electron chi connectivity index (χ4n) is 2.10. The van der Waals surface area contributed by atoms with Crippen molar-refractivity contribution in [3.8, 4) is 0 Å². The third-order valence-corrected chi connectivity index (χ3v) is 8.35. The molecule has 0 nitrogen and oxygen atoms in total. The summed E-state index contributed by atoms with van der Waals surface area (Å²) in [7, 11) is 0. The molecule has 0 fully saturated rings. The predicted octanol–water partition coefficient (Wildman–Crippen LogP) is 4.10. The Morgan fingerprint density at radius 2 is 1.27 bits per heavy atom. The van der Waals surface area contributed by atoms with E-state index in [1.807, 2.05) is 0 Å². The lowest BCUT2D eigenvalue weighted by molar-refractivity contribution is 0.548. The fourth-order valence-corrected chi connectivity index (χ4v) is 5.80. The Morgan fingerprint density at radius 3 is 1.36 bits per heavy atom. The summed E-state index contributed by atoms with van der Waals surface area (Å²) in [6.07, 6.45) is 2.78. The maximum atomic E-state index is 2.50. The van der Waals surface area contributed by atoms with Crippen LogP contribution in [-0.2, 0) is 0 Å². The van der Waals surface area contributed by atoms with Crippen LogP contribution in [0.15, 0.2) is 0 Å². The Hall–Kier alpha value is 0.532. The molecule has 0 N–H and O–H groups in total. The van der Waals surface area contributed by atoms with Gasteiger partial charge in [-0.25, -0.2) is 0 Å². The first-order chi connectivity index (χ1) is 5.14.